The van der Waals surface area contributed by atoms with Crippen LogP contribution >= 0.6 is 7.55 Å². The normalized spacial score (nSPS) is 15.6. The molecule has 0 N–H and O–H groups in total. The molecule has 0 rings (SSSR count). The number of ether oxygens (including phenoxy) is 1. The minimum atomic E-state index is -0.729. The SMILES string of the molecule is C=CC(/C(C)=C\C)=[PH](C)/C=C/OCC(/C=C\CC)=C/CC. The molecule has 0 spiro atoms. The zero-order valence-electron chi connectivity index (χ0n) is 14.3. The second-order valence-electron chi connectivity index (χ2n) is 4.88. The van der Waals surface area contributed by atoms with Crippen LogP contribution in [-0.2, 0) is 4.74 Å². The van der Waals surface area contributed by atoms with Crippen LogP contribution in [0.25, 0.3) is 0 Å². The summed E-state index contributed by atoms with van der Waals surface area (Å²) >= 11 is 0. The Labute approximate surface area is 132 Å². The quantitative estimate of drug-likeness (QED) is 0.291. The second-order valence-corrected chi connectivity index (χ2v) is 7.12. The number of hydrogen-bond acceptors (Lipinski definition) is 1. The molecule has 2 heteroatoms. The first-order chi connectivity index (χ1) is 10.1. The van der Waals surface area contributed by atoms with E-state index in [2.05, 4.69) is 71.1 Å². The summed E-state index contributed by atoms with van der Waals surface area (Å²) in [6.07, 6.45) is 14.6. The topological polar surface area (TPSA) is 9.23 Å². The fourth-order valence-electron chi connectivity index (χ4n) is 1.88. The van der Waals surface area contributed by atoms with Crippen molar-refractivity contribution in [2.75, 3.05) is 13.3 Å². The Morgan fingerprint density at radius 2 is 1.95 bits per heavy atom. The van der Waals surface area contributed by atoms with Gasteiger partial charge in [-0.15, -0.1) is 0 Å². The van der Waals surface area contributed by atoms with Crippen LogP contribution in [0.4, 0.5) is 0 Å². The van der Waals surface area contributed by atoms with Crippen LogP contribution in [0.3, 0.4) is 0 Å². The Kier molecular flexibility index (Phi) is 11.8. The lowest BCUT2D eigenvalue weighted by Crippen LogP contribution is -1.93. The summed E-state index contributed by atoms with van der Waals surface area (Å²) in [6.45, 7) is 15.3. The maximum Gasteiger partial charge on any atom is 0.112 e. The molecule has 0 aliphatic rings. The van der Waals surface area contributed by atoms with Crippen LogP contribution in [-0.4, -0.2) is 18.6 Å². The Morgan fingerprint density at radius 3 is 2.48 bits per heavy atom. The van der Waals surface area contributed by atoms with Crippen molar-refractivity contribution >= 4 is 12.8 Å². The standard InChI is InChI=1S/C19H31OP/c1-7-11-13-18(12-8-2)16-20-14-15-21(6)19(10-4)17(5)9-3/h9-15,21H,4,7-8,16H2,1-3,5-6H3/b13-11-,15-14+,17-9-,18-12+. The van der Waals surface area contributed by atoms with E-state index in [9.17, 15) is 0 Å². The number of rotatable bonds is 9. The predicted octanol–water partition coefficient (Wildman–Crippen LogP) is 5.95. The minimum Gasteiger partial charge on any atom is -0.496 e. The molecular weight excluding hydrogens is 275 g/mol. The summed E-state index contributed by atoms with van der Waals surface area (Å²) in [5.41, 5.74) is 2.55. The summed E-state index contributed by atoms with van der Waals surface area (Å²) in [7, 11) is -0.729. The van der Waals surface area contributed by atoms with Gasteiger partial charge < -0.3 is 4.74 Å². The summed E-state index contributed by atoms with van der Waals surface area (Å²) in [5, 5.41) is 1.34. The van der Waals surface area contributed by atoms with E-state index >= 15 is 0 Å². The van der Waals surface area contributed by atoms with Crippen molar-refractivity contribution in [3.63, 3.8) is 0 Å². The minimum absolute atomic E-state index is 0.641. The first kappa shape index (κ1) is 19.8. The molecule has 118 valence electrons. The Morgan fingerprint density at radius 1 is 1.24 bits per heavy atom. The van der Waals surface area contributed by atoms with Gasteiger partial charge in [-0.2, -0.15) is 0 Å². The van der Waals surface area contributed by atoms with Gasteiger partial charge in [0.05, 0.1) is 6.26 Å². The zero-order chi connectivity index (χ0) is 16.1. The molecule has 0 radical (unpaired) electrons. The van der Waals surface area contributed by atoms with E-state index < -0.39 is 7.55 Å². The fraction of sp³-hybridized carbons (Fsp3) is 0.421. The summed E-state index contributed by atoms with van der Waals surface area (Å²) in [6, 6.07) is 0. The highest BCUT2D eigenvalue weighted by Crippen LogP contribution is 2.25. The molecule has 0 saturated heterocycles. The third-order valence-corrected chi connectivity index (χ3v) is 5.27. The molecule has 0 fully saturated rings. The maximum atomic E-state index is 5.68. The molecule has 0 aromatic carbocycles. The van der Waals surface area contributed by atoms with E-state index in [1.54, 1.807) is 0 Å². The molecule has 1 atom stereocenters. The van der Waals surface area contributed by atoms with Gasteiger partial charge in [0.15, 0.2) is 0 Å². The molecule has 0 aromatic heterocycles. The molecule has 0 bridgehead atoms. The lowest BCUT2D eigenvalue weighted by atomic mass is 10.2. The van der Waals surface area contributed by atoms with E-state index in [1.165, 1.54) is 16.4 Å². The molecule has 1 unspecified atom stereocenters. The summed E-state index contributed by atoms with van der Waals surface area (Å²) in [4.78, 5) is 0. The highest BCUT2D eigenvalue weighted by molar-refractivity contribution is 7.62. The van der Waals surface area contributed by atoms with Crippen molar-refractivity contribution in [2.24, 2.45) is 0 Å². The second kappa shape index (κ2) is 12.5. The van der Waals surface area contributed by atoms with E-state index in [-0.39, 0.29) is 0 Å². The summed E-state index contributed by atoms with van der Waals surface area (Å²) < 4.78 is 5.68. The number of hydrogen-bond donors (Lipinski definition) is 0. The molecule has 0 aromatic rings. The van der Waals surface area contributed by atoms with Crippen LogP contribution < -0.4 is 0 Å². The Balaban J connectivity index is 4.70. The van der Waals surface area contributed by atoms with Gasteiger partial charge in [0, 0.05) is 0 Å². The molecule has 1 nitrogen and oxygen atoms in total. The van der Waals surface area contributed by atoms with Crippen LogP contribution in [0.2, 0.25) is 0 Å². The fourth-order valence-corrected chi connectivity index (χ4v) is 3.45. The van der Waals surface area contributed by atoms with Gasteiger partial charge in [-0.25, -0.2) is 0 Å². The van der Waals surface area contributed by atoms with Crippen LogP contribution in [0.5, 0.6) is 0 Å². The predicted molar refractivity (Wildman–Crippen MR) is 102 cm³/mol. The average molecular weight is 306 g/mol. The van der Waals surface area contributed by atoms with Gasteiger partial charge in [0.2, 0.25) is 0 Å². The molecule has 0 aliphatic carbocycles. The highest BCUT2D eigenvalue weighted by atomic mass is 31.1. The van der Waals surface area contributed by atoms with Crippen molar-refractivity contribution in [3.8, 4) is 0 Å². The van der Waals surface area contributed by atoms with Crippen molar-refractivity contribution in [1.29, 1.82) is 0 Å². The van der Waals surface area contributed by atoms with Gasteiger partial charge in [-0.1, -0.05) is 58.4 Å². The van der Waals surface area contributed by atoms with Crippen molar-refractivity contribution in [3.05, 3.63) is 60.2 Å². The van der Waals surface area contributed by atoms with Crippen molar-refractivity contribution in [2.45, 2.75) is 40.5 Å². The molecular formula is C19H31OP. The van der Waals surface area contributed by atoms with Gasteiger partial charge in [-0.3, -0.25) is 0 Å². The molecule has 0 amide bonds. The van der Waals surface area contributed by atoms with E-state index in [0.29, 0.717) is 6.61 Å². The lowest BCUT2D eigenvalue weighted by molar-refractivity contribution is 0.284. The molecule has 0 saturated carbocycles. The van der Waals surface area contributed by atoms with Crippen LogP contribution in [0.15, 0.2) is 60.2 Å². The van der Waals surface area contributed by atoms with E-state index in [4.69, 9.17) is 4.74 Å². The molecule has 21 heavy (non-hydrogen) atoms. The van der Waals surface area contributed by atoms with Gasteiger partial charge >= 0.3 is 0 Å². The number of allylic oxidation sites excluding steroid dienone is 5. The van der Waals surface area contributed by atoms with Gasteiger partial charge in [0.25, 0.3) is 0 Å². The lowest BCUT2D eigenvalue weighted by Gasteiger charge is -2.07. The van der Waals surface area contributed by atoms with Crippen LogP contribution in [0, 0.1) is 0 Å². The first-order valence-electron chi connectivity index (χ1n) is 7.70. The third kappa shape index (κ3) is 8.63. The highest BCUT2D eigenvalue weighted by Gasteiger charge is 1.97. The molecule has 0 heterocycles. The summed E-state index contributed by atoms with van der Waals surface area (Å²) in [5.74, 6) is 2.18. The average Bonchev–Trinajstić information content (AvgIpc) is 2.49. The van der Waals surface area contributed by atoms with Crippen molar-refractivity contribution < 1.29 is 4.74 Å². The largest absolute Gasteiger partial charge is 0.496 e. The van der Waals surface area contributed by atoms with Gasteiger partial charge in [-0.05, 0) is 55.6 Å². The van der Waals surface area contributed by atoms with E-state index in [0.717, 1.165) is 12.8 Å². The Bertz CT molecular complexity index is 462. The first-order valence-corrected chi connectivity index (χ1v) is 9.78. The Hall–Kier alpha value is -1.20. The van der Waals surface area contributed by atoms with Crippen LogP contribution in [0.1, 0.15) is 40.5 Å². The smallest absolute Gasteiger partial charge is 0.112 e. The zero-order valence-corrected chi connectivity index (χ0v) is 15.3. The van der Waals surface area contributed by atoms with E-state index in [1.807, 2.05) is 12.3 Å². The van der Waals surface area contributed by atoms with Crippen molar-refractivity contribution in [1.82, 2.24) is 0 Å². The molecule has 0 aliphatic heterocycles. The monoisotopic (exact) mass is 306 g/mol. The third-order valence-electron chi connectivity index (χ3n) is 3.19. The maximum absolute atomic E-state index is 5.68. The van der Waals surface area contributed by atoms with Gasteiger partial charge in [0.1, 0.15) is 6.61 Å².